The molecule has 72 valence electrons. The fourth-order valence-electron chi connectivity index (χ4n) is 1.51. The van der Waals surface area contributed by atoms with E-state index in [1.165, 1.54) is 12.1 Å². The number of benzene rings is 2. The second-order valence-electron chi connectivity index (χ2n) is 3.11. The highest BCUT2D eigenvalue weighted by Crippen LogP contribution is 2.23. The molecule has 0 amide bonds. The van der Waals surface area contributed by atoms with Crippen molar-refractivity contribution in [3.8, 4) is 12.3 Å². The van der Waals surface area contributed by atoms with Crippen LogP contribution in [-0.4, -0.2) is 4.92 Å². The lowest BCUT2D eigenvalue weighted by Gasteiger charge is -2.00. The standard InChI is InChI=1S/C12H7NO2/c1-2-9-4-3-5-10-8-11(13(14)15)6-7-12(9)10/h1,3-8H. The number of hydrogen-bond donors (Lipinski definition) is 0. The number of nitrogens with zero attached hydrogens (tertiary/aromatic N) is 1. The Morgan fingerprint density at radius 1 is 1.27 bits per heavy atom. The molecular weight excluding hydrogens is 190 g/mol. The van der Waals surface area contributed by atoms with E-state index >= 15 is 0 Å². The third-order valence-corrected chi connectivity index (χ3v) is 2.23. The zero-order valence-corrected chi connectivity index (χ0v) is 7.81. The number of terminal acetylenes is 1. The Hall–Kier alpha value is -2.34. The maximum Gasteiger partial charge on any atom is 0.270 e. The molecule has 15 heavy (non-hydrogen) atoms. The fourth-order valence-corrected chi connectivity index (χ4v) is 1.51. The SMILES string of the molecule is C#Cc1cccc2cc([N+](=O)[O-])ccc12. The minimum absolute atomic E-state index is 0.0803. The van der Waals surface area contributed by atoms with Crippen LogP contribution in [0.15, 0.2) is 36.4 Å². The summed E-state index contributed by atoms with van der Waals surface area (Å²) in [5.74, 6) is 2.55. The van der Waals surface area contributed by atoms with E-state index in [0.717, 1.165) is 16.3 Å². The van der Waals surface area contributed by atoms with Gasteiger partial charge in [0.2, 0.25) is 0 Å². The lowest BCUT2D eigenvalue weighted by Crippen LogP contribution is -1.88. The molecule has 0 aliphatic heterocycles. The summed E-state index contributed by atoms with van der Waals surface area (Å²) < 4.78 is 0. The van der Waals surface area contributed by atoms with Crippen molar-refractivity contribution in [1.29, 1.82) is 0 Å². The molecule has 2 rings (SSSR count). The van der Waals surface area contributed by atoms with Crippen LogP contribution >= 0.6 is 0 Å². The van der Waals surface area contributed by atoms with Crippen molar-refractivity contribution < 1.29 is 4.92 Å². The Labute approximate surface area is 86.5 Å². The largest absolute Gasteiger partial charge is 0.270 e. The first kappa shape index (κ1) is 9.22. The van der Waals surface area contributed by atoms with E-state index in [1.807, 2.05) is 12.1 Å². The van der Waals surface area contributed by atoms with Crippen molar-refractivity contribution in [3.63, 3.8) is 0 Å². The highest BCUT2D eigenvalue weighted by molar-refractivity contribution is 5.89. The van der Waals surface area contributed by atoms with Crippen LogP contribution in [-0.2, 0) is 0 Å². The highest BCUT2D eigenvalue weighted by Gasteiger charge is 2.06. The average Bonchev–Trinajstić information content (AvgIpc) is 2.27. The van der Waals surface area contributed by atoms with Crippen LogP contribution in [0.5, 0.6) is 0 Å². The van der Waals surface area contributed by atoms with E-state index in [-0.39, 0.29) is 5.69 Å². The van der Waals surface area contributed by atoms with E-state index in [9.17, 15) is 10.1 Å². The molecule has 0 aliphatic carbocycles. The van der Waals surface area contributed by atoms with Crippen molar-refractivity contribution in [3.05, 3.63) is 52.1 Å². The summed E-state index contributed by atoms with van der Waals surface area (Å²) in [6, 6.07) is 10.1. The van der Waals surface area contributed by atoms with Gasteiger partial charge in [-0.25, -0.2) is 0 Å². The topological polar surface area (TPSA) is 43.1 Å². The van der Waals surface area contributed by atoms with Gasteiger partial charge in [-0.15, -0.1) is 6.42 Å². The molecule has 0 radical (unpaired) electrons. The molecule has 0 saturated heterocycles. The van der Waals surface area contributed by atoms with Crippen molar-refractivity contribution in [2.45, 2.75) is 0 Å². The summed E-state index contributed by atoms with van der Waals surface area (Å²) in [6.45, 7) is 0. The van der Waals surface area contributed by atoms with E-state index in [1.54, 1.807) is 12.1 Å². The Morgan fingerprint density at radius 2 is 2.07 bits per heavy atom. The van der Waals surface area contributed by atoms with Gasteiger partial charge >= 0.3 is 0 Å². The quantitative estimate of drug-likeness (QED) is 0.400. The number of rotatable bonds is 1. The van der Waals surface area contributed by atoms with Gasteiger partial charge in [0.1, 0.15) is 0 Å². The van der Waals surface area contributed by atoms with E-state index in [2.05, 4.69) is 5.92 Å². The number of hydrogen-bond acceptors (Lipinski definition) is 2. The first-order valence-electron chi connectivity index (χ1n) is 4.36. The fraction of sp³-hybridized carbons (Fsp3) is 0. The molecule has 0 N–H and O–H groups in total. The van der Waals surface area contributed by atoms with Crippen molar-refractivity contribution >= 4 is 16.5 Å². The van der Waals surface area contributed by atoms with Gasteiger partial charge in [-0.05, 0) is 22.9 Å². The summed E-state index contributed by atoms with van der Waals surface area (Å²) >= 11 is 0. The summed E-state index contributed by atoms with van der Waals surface area (Å²) in [4.78, 5) is 10.1. The van der Waals surface area contributed by atoms with Crippen molar-refractivity contribution in [1.82, 2.24) is 0 Å². The van der Waals surface area contributed by atoms with Crippen LogP contribution < -0.4 is 0 Å². The molecule has 0 saturated carbocycles. The summed E-state index contributed by atoms with van der Waals surface area (Å²) in [5.41, 5.74) is 0.832. The molecule has 0 heterocycles. The number of non-ortho nitro benzene ring substituents is 1. The molecule has 0 fully saturated rings. The average molecular weight is 197 g/mol. The zero-order chi connectivity index (χ0) is 10.8. The van der Waals surface area contributed by atoms with Gasteiger partial charge in [-0.1, -0.05) is 18.1 Å². The number of nitro benzene ring substituents is 1. The Morgan fingerprint density at radius 3 is 2.73 bits per heavy atom. The molecule has 2 aromatic rings. The molecule has 0 aromatic heterocycles. The predicted molar refractivity (Wildman–Crippen MR) is 58.5 cm³/mol. The predicted octanol–water partition coefficient (Wildman–Crippen LogP) is 2.73. The molecule has 3 heteroatoms. The molecule has 0 bridgehead atoms. The van der Waals surface area contributed by atoms with Gasteiger partial charge < -0.3 is 0 Å². The summed E-state index contributed by atoms with van der Waals surface area (Å²) in [5, 5.41) is 12.2. The van der Waals surface area contributed by atoms with Crippen LogP contribution in [0.2, 0.25) is 0 Å². The molecule has 0 spiro atoms. The molecular formula is C12H7NO2. The van der Waals surface area contributed by atoms with Crippen LogP contribution in [0.1, 0.15) is 5.56 Å². The monoisotopic (exact) mass is 197 g/mol. The second kappa shape index (κ2) is 3.43. The first-order chi connectivity index (χ1) is 7.22. The Balaban J connectivity index is 2.76. The zero-order valence-electron chi connectivity index (χ0n) is 7.81. The van der Waals surface area contributed by atoms with Crippen LogP contribution in [0.4, 0.5) is 5.69 Å². The lowest BCUT2D eigenvalue weighted by atomic mass is 10.0. The number of fused-ring (bicyclic) bond motifs is 1. The van der Waals surface area contributed by atoms with E-state index < -0.39 is 4.92 Å². The normalized spacial score (nSPS) is 9.80. The molecule has 0 unspecified atom stereocenters. The Bertz CT molecular complexity index is 582. The first-order valence-corrected chi connectivity index (χ1v) is 4.36. The van der Waals surface area contributed by atoms with Gasteiger partial charge in [0.25, 0.3) is 5.69 Å². The van der Waals surface area contributed by atoms with Crippen LogP contribution in [0.3, 0.4) is 0 Å². The van der Waals surface area contributed by atoms with Gasteiger partial charge in [0.05, 0.1) is 4.92 Å². The maximum absolute atomic E-state index is 10.6. The third-order valence-electron chi connectivity index (χ3n) is 2.23. The van der Waals surface area contributed by atoms with Crippen molar-refractivity contribution in [2.24, 2.45) is 0 Å². The molecule has 3 nitrogen and oxygen atoms in total. The van der Waals surface area contributed by atoms with Crippen molar-refractivity contribution in [2.75, 3.05) is 0 Å². The van der Waals surface area contributed by atoms with Gasteiger partial charge in [0, 0.05) is 17.7 Å². The maximum atomic E-state index is 10.6. The van der Waals surface area contributed by atoms with E-state index in [0.29, 0.717) is 0 Å². The summed E-state index contributed by atoms with van der Waals surface area (Å²) in [6.07, 6.45) is 5.33. The lowest BCUT2D eigenvalue weighted by molar-refractivity contribution is -0.384. The minimum atomic E-state index is -0.415. The number of nitro groups is 1. The third kappa shape index (κ3) is 1.53. The smallest absolute Gasteiger partial charge is 0.258 e. The minimum Gasteiger partial charge on any atom is -0.258 e. The van der Waals surface area contributed by atoms with Crippen LogP contribution in [0, 0.1) is 22.5 Å². The van der Waals surface area contributed by atoms with Crippen LogP contribution in [0.25, 0.3) is 10.8 Å². The van der Waals surface area contributed by atoms with Gasteiger partial charge in [-0.2, -0.15) is 0 Å². The van der Waals surface area contributed by atoms with E-state index in [4.69, 9.17) is 6.42 Å². The van der Waals surface area contributed by atoms with Gasteiger partial charge in [0.15, 0.2) is 0 Å². The highest BCUT2D eigenvalue weighted by atomic mass is 16.6. The summed E-state index contributed by atoms with van der Waals surface area (Å²) in [7, 11) is 0. The Kier molecular flexibility index (Phi) is 2.11. The van der Waals surface area contributed by atoms with Gasteiger partial charge in [-0.3, -0.25) is 10.1 Å². The molecule has 0 atom stereocenters. The molecule has 0 aliphatic rings. The second-order valence-corrected chi connectivity index (χ2v) is 3.11. The molecule has 2 aromatic carbocycles.